The van der Waals surface area contributed by atoms with Crippen molar-refractivity contribution in [1.29, 1.82) is 5.26 Å². The first-order valence-electron chi connectivity index (χ1n) is 4.95. The molecule has 1 aromatic rings. The Morgan fingerprint density at radius 1 is 1.80 bits per heavy atom. The molecule has 5 heteroatoms. The molecule has 0 aliphatic heterocycles. The molecular weight excluding hydrogens is 212 g/mol. The van der Waals surface area contributed by atoms with Crippen molar-refractivity contribution in [2.45, 2.75) is 31.8 Å². The van der Waals surface area contributed by atoms with Gasteiger partial charge in [0.1, 0.15) is 5.54 Å². The zero-order valence-corrected chi connectivity index (χ0v) is 9.33. The molecule has 2 N–H and O–H groups in total. The lowest BCUT2D eigenvalue weighted by Gasteiger charge is -2.21. The van der Waals surface area contributed by atoms with Crippen LogP contribution < -0.4 is 5.73 Å². The quantitative estimate of drug-likeness (QED) is 0.846. The maximum Gasteiger partial charge on any atom is 0.126 e. The van der Waals surface area contributed by atoms with Gasteiger partial charge in [0, 0.05) is 0 Å². The Hall–Kier alpha value is -1.05. The normalized spacial score (nSPS) is 19.6. The number of aromatic nitrogens is 2. The fraction of sp³-hybridized carbons (Fsp3) is 0.600. The van der Waals surface area contributed by atoms with E-state index in [0.29, 0.717) is 17.5 Å². The van der Waals surface area contributed by atoms with Crippen LogP contribution in [0.1, 0.15) is 18.5 Å². The summed E-state index contributed by atoms with van der Waals surface area (Å²) < 4.78 is 1.71. The van der Waals surface area contributed by atoms with Gasteiger partial charge in [0.25, 0.3) is 0 Å². The van der Waals surface area contributed by atoms with Gasteiger partial charge in [0.15, 0.2) is 0 Å². The van der Waals surface area contributed by atoms with Gasteiger partial charge in [-0.05, 0) is 25.7 Å². The van der Waals surface area contributed by atoms with Crippen LogP contribution in [0.4, 0.5) is 0 Å². The van der Waals surface area contributed by atoms with Gasteiger partial charge < -0.3 is 5.73 Å². The van der Waals surface area contributed by atoms with E-state index in [1.54, 1.807) is 10.9 Å². The van der Waals surface area contributed by atoms with Crippen LogP contribution in [0.5, 0.6) is 0 Å². The molecule has 1 atom stereocenters. The average molecular weight is 225 g/mol. The number of nitrogens with zero attached hydrogens (tertiary/aromatic N) is 3. The van der Waals surface area contributed by atoms with Crippen LogP contribution in [0.2, 0.25) is 5.02 Å². The van der Waals surface area contributed by atoms with Gasteiger partial charge >= 0.3 is 0 Å². The Morgan fingerprint density at radius 3 is 2.87 bits per heavy atom. The molecule has 1 aromatic heterocycles. The van der Waals surface area contributed by atoms with Gasteiger partial charge in [0.05, 0.1) is 29.5 Å². The van der Waals surface area contributed by atoms with Crippen molar-refractivity contribution >= 4 is 11.6 Å². The first kappa shape index (κ1) is 10.5. The fourth-order valence-electron chi connectivity index (χ4n) is 1.69. The molecule has 0 saturated heterocycles. The van der Waals surface area contributed by atoms with Crippen molar-refractivity contribution in [1.82, 2.24) is 9.78 Å². The van der Waals surface area contributed by atoms with Gasteiger partial charge in [-0.1, -0.05) is 11.6 Å². The van der Waals surface area contributed by atoms with Crippen LogP contribution in [0.25, 0.3) is 0 Å². The Bertz CT molecular complexity index is 416. The van der Waals surface area contributed by atoms with E-state index in [4.69, 9.17) is 22.6 Å². The molecule has 0 bridgehead atoms. The summed E-state index contributed by atoms with van der Waals surface area (Å²) >= 11 is 5.89. The van der Waals surface area contributed by atoms with E-state index in [1.165, 1.54) is 0 Å². The second-order valence-corrected chi connectivity index (χ2v) is 4.57. The third kappa shape index (κ3) is 1.85. The van der Waals surface area contributed by atoms with Gasteiger partial charge in [-0.3, -0.25) is 4.68 Å². The number of rotatable bonds is 3. The molecule has 1 unspecified atom stereocenters. The Morgan fingerprint density at radius 2 is 2.47 bits per heavy atom. The van der Waals surface area contributed by atoms with Gasteiger partial charge in [-0.2, -0.15) is 10.4 Å². The molecule has 80 valence electrons. The molecular formula is C10H13ClN4. The molecule has 15 heavy (non-hydrogen) atoms. The second kappa shape index (κ2) is 3.51. The minimum Gasteiger partial charge on any atom is -0.312 e. The van der Waals surface area contributed by atoms with E-state index >= 15 is 0 Å². The smallest absolute Gasteiger partial charge is 0.126 e. The van der Waals surface area contributed by atoms with Crippen LogP contribution in [0, 0.1) is 24.2 Å². The lowest BCUT2D eigenvalue weighted by molar-refractivity contribution is 0.380. The van der Waals surface area contributed by atoms with Crippen molar-refractivity contribution in [2.75, 3.05) is 0 Å². The van der Waals surface area contributed by atoms with Crippen molar-refractivity contribution in [2.24, 2.45) is 11.7 Å². The first-order valence-corrected chi connectivity index (χ1v) is 5.32. The van der Waals surface area contributed by atoms with Gasteiger partial charge in [0.2, 0.25) is 0 Å². The highest BCUT2D eigenvalue weighted by atomic mass is 35.5. The topological polar surface area (TPSA) is 67.6 Å². The number of nitriles is 1. The summed E-state index contributed by atoms with van der Waals surface area (Å²) in [5, 5.41) is 13.8. The Balaban J connectivity index is 2.20. The van der Waals surface area contributed by atoms with E-state index < -0.39 is 5.54 Å². The SMILES string of the molecule is Cc1c(Cl)cnn1CC(N)(C#N)C1CC1. The summed E-state index contributed by atoms with van der Waals surface area (Å²) in [6, 6.07) is 2.20. The summed E-state index contributed by atoms with van der Waals surface area (Å²) in [5.41, 5.74) is 6.12. The van der Waals surface area contributed by atoms with Gasteiger partial charge in [-0.15, -0.1) is 0 Å². The zero-order chi connectivity index (χ0) is 11.1. The summed E-state index contributed by atoms with van der Waals surface area (Å²) in [6.07, 6.45) is 3.66. The maximum atomic E-state index is 9.11. The van der Waals surface area contributed by atoms with Crippen molar-refractivity contribution < 1.29 is 0 Å². The molecule has 1 aliphatic carbocycles. The van der Waals surface area contributed by atoms with Crippen LogP contribution in [-0.2, 0) is 6.54 Å². The second-order valence-electron chi connectivity index (χ2n) is 4.16. The van der Waals surface area contributed by atoms with Crippen LogP contribution in [-0.4, -0.2) is 15.3 Å². The predicted octanol–water partition coefficient (Wildman–Crippen LogP) is 1.48. The highest BCUT2D eigenvalue weighted by Gasteiger charge is 2.43. The standard InChI is InChI=1S/C10H13ClN4/c1-7-9(11)4-14-15(7)6-10(13,5-12)8-2-3-8/h4,8H,2-3,6,13H2,1H3. The predicted molar refractivity (Wildman–Crippen MR) is 57.2 cm³/mol. The summed E-state index contributed by atoms with van der Waals surface area (Å²) in [6.45, 7) is 2.30. The first-order chi connectivity index (χ1) is 7.07. The van der Waals surface area contributed by atoms with Crippen molar-refractivity contribution in [3.05, 3.63) is 16.9 Å². The monoisotopic (exact) mass is 224 g/mol. The minimum atomic E-state index is -0.792. The van der Waals surface area contributed by atoms with Crippen molar-refractivity contribution in [3.63, 3.8) is 0 Å². The molecule has 0 spiro atoms. The highest BCUT2D eigenvalue weighted by molar-refractivity contribution is 6.31. The summed E-state index contributed by atoms with van der Waals surface area (Å²) in [7, 11) is 0. The average Bonchev–Trinajstić information content (AvgIpc) is 3.02. The third-order valence-electron chi connectivity index (χ3n) is 2.97. The van der Waals surface area contributed by atoms with E-state index in [-0.39, 0.29) is 0 Å². The number of nitrogens with two attached hydrogens (primary N) is 1. The summed E-state index contributed by atoms with van der Waals surface area (Å²) in [4.78, 5) is 0. The number of hydrogen-bond acceptors (Lipinski definition) is 3. The third-order valence-corrected chi connectivity index (χ3v) is 3.34. The van der Waals surface area contributed by atoms with Crippen molar-refractivity contribution in [3.8, 4) is 6.07 Å². The molecule has 0 radical (unpaired) electrons. The lowest BCUT2D eigenvalue weighted by atomic mass is 9.96. The largest absolute Gasteiger partial charge is 0.312 e. The molecule has 1 heterocycles. The number of halogens is 1. The Kier molecular flexibility index (Phi) is 2.45. The molecule has 1 saturated carbocycles. The maximum absolute atomic E-state index is 9.11. The fourth-order valence-corrected chi connectivity index (χ4v) is 1.83. The minimum absolute atomic E-state index is 0.310. The Labute approximate surface area is 93.6 Å². The van der Waals surface area contributed by atoms with E-state index in [1.807, 2.05) is 6.92 Å². The summed E-state index contributed by atoms with van der Waals surface area (Å²) in [5.74, 6) is 0.310. The molecule has 0 amide bonds. The molecule has 1 aliphatic rings. The number of hydrogen-bond donors (Lipinski definition) is 1. The van der Waals surface area contributed by atoms with Crippen LogP contribution >= 0.6 is 11.6 Å². The van der Waals surface area contributed by atoms with E-state index in [2.05, 4.69) is 11.2 Å². The van der Waals surface area contributed by atoms with Crippen LogP contribution in [0.15, 0.2) is 6.20 Å². The lowest BCUT2D eigenvalue weighted by Crippen LogP contribution is -2.45. The van der Waals surface area contributed by atoms with E-state index in [9.17, 15) is 0 Å². The molecule has 0 aromatic carbocycles. The molecule has 1 fully saturated rings. The molecule has 4 nitrogen and oxygen atoms in total. The highest BCUT2D eigenvalue weighted by Crippen LogP contribution is 2.39. The van der Waals surface area contributed by atoms with Crippen LogP contribution in [0.3, 0.4) is 0 Å². The molecule has 2 rings (SSSR count). The van der Waals surface area contributed by atoms with Gasteiger partial charge in [-0.25, -0.2) is 0 Å². The zero-order valence-electron chi connectivity index (χ0n) is 8.57. The van der Waals surface area contributed by atoms with E-state index in [0.717, 1.165) is 18.5 Å².